The molecule has 3 rings (SSSR count). The first-order valence-electron chi connectivity index (χ1n) is 10.7. The second kappa shape index (κ2) is 12.5. The molecule has 8 heteroatoms. The summed E-state index contributed by atoms with van der Waals surface area (Å²) in [5.41, 5.74) is 2.08. The minimum Gasteiger partial charge on any atom is -0.373 e. The van der Waals surface area contributed by atoms with E-state index in [4.69, 9.17) is 9.73 Å². The Hall–Kier alpha value is -1.39. The number of fused-ring (bicyclic) bond motifs is 1. The van der Waals surface area contributed by atoms with Crippen LogP contribution in [0.25, 0.3) is 10.9 Å². The van der Waals surface area contributed by atoms with Gasteiger partial charge in [0.2, 0.25) is 0 Å². The summed E-state index contributed by atoms with van der Waals surface area (Å²) < 4.78 is 19.3. The van der Waals surface area contributed by atoms with Crippen LogP contribution < -0.4 is 10.6 Å². The molecule has 2 heterocycles. The molecule has 168 valence electrons. The smallest absolute Gasteiger partial charge is 0.191 e. The van der Waals surface area contributed by atoms with Crippen molar-refractivity contribution in [2.24, 2.45) is 4.99 Å². The van der Waals surface area contributed by atoms with E-state index in [1.165, 1.54) is 6.07 Å². The molecule has 6 nitrogen and oxygen atoms in total. The highest BCUT2D eigenvalue weighted by Crippen LogP contribution is 2.19. The van der Waals surface area contributed by atoms with E-state index in [9.17, 15) is 4.39 Å². The van der Waals surface area contributed by atoms with Gasteiger partial charge in [0.25, 0.3) is 0 Å². The molecule has 0 saturated carbocycles. The van der Waals surface area contributed by atoms with Crippen molar-refractivity contribution in [2.75, 3.05) is 39.3 Å². The van der Waals surface area contributed by atoms with E-state index in [0.29, 0.717) is 12.2 Å². The van der Waals surface area contributed by atoms with Crippen molar-refractivity contribution in [1.29, 1.82) is 0 Å². The van der Waals surface area contributed by atoms with E-state index in [1.54, 1.807) is 12.1 Å². The summed E-state index contributed by atoms with van der Waals surface area (Å²) in [6.45, 7) is 11.7. The van der Waals surface area contributed by atoms with Crippen molar-refractivity contribution in [2.45, 2.75) is 45.8 Å². The number of ether oxygens (including phenoxy) is 1. The number of halogens is 2. The number of benzene rings is 1. The molecular formula is C22H35FIN5O. The standard InChI is InChI=1S/C22H34FN5O.HI/c1-4-24-22(25-9-5-11-28-14-16(2)29-17(3)15-28)26-10-8-18-13-27-21-7-6-19(23)12-20(18)21;/h6-7,12-13,16-17,27H,4-5,8-11,14-15H2,1-3H3,(H2,24,25,26);1H. The van der Waals surface area contributed by atoms with Crippen molar-refractivity contribution in [1.82, 2.24) is 20.5 Å². The largest absolute Gasteiger partial charge is 0.373 e. The van der Waals surface area contributed by atoms with Crippen LogP contribution in [-0.4, -0.2) is 67.3 Å². The quantitative estimate of drug-likeness (QED) is 0.211. The van der Waals surface area contributed by atoms with Crippen LogP contribution in [0, 0.1) is 5.82 Å². The molecule has 0 amide bonds. The molecule has 0 radical (unpaired) electrons. The lowest BCUT2D eigenvalue weighted by atomic mass is 10.1. The van der Waals surface area contributed by atoms with Crippen LogP contribution in [0.1, 0.15) is 32.8 Å². The summed E-state index contributed by atoms with van der Waals surface area (Å²) in [4.78, 5) is 10.4. The van der Waals surface area contributed by atoms with E-state index in [1.807, 2.05) is 6.20 Å². The number of hydrogen-bond acceptors (Lipinski definition) is 3. The van der Waals surface area contributed by atoms with Crippen molar-refractivity contribution in [3.63, 3.8) is 0 Å². The third-order valence-electron chi connectivity index (χ3n) is 5.16. The van der Waals surface area contributed by atoms with E-state index in [2.05, 4.69) is 41.3 Å². The number of aromatic amines is 1. The Kier molecular flexibility index (Phi) is 10.3. The molecule has 0 spiro atoms. The predicted octanol–water partition coefficient (Wildman–Crippen LogP) is 3.52. The Morgan fingerprint density at radius 1 is 1.27 bits per heavy atom. The molecule has 2 aromatic rings. The van der Waals surface area contributed by atoms with Gasteiger partial charge in [-0.1, -0.05) is 0 Å². The molecule has 1 aliphatic heterocycles. The molecule has 2 unspecified atom stereocenters. The fraction of sp³-hybridized carbons (Fsp3) is 0.591. The third-order valence-corrected chi connectivity index (χ3v) is 5.16. The van der Waals surface area contributed by atoms with Crippen molar-refractivity contribution < 1.29 is 9.13 Å². The zero-order chi connectivity index (χ0) is 20.6. The Morgan fingerprint density at radius 3 is 2.77 bits per heavy atom. The molecular weight excluding hydrogens is 496 g/mol. The number of H-pyrrole nitrogens is 1. The van der Waals surface area contributed by atoms with Crippen LogP contribution >= 0.6 is 24.0 Å². The van der Waals surface area contributed by atoms with Crippen LogP contribution in [0.5, 0.6) is 0 Å². The van der Waals surface area contributed by atoms with Crippen molar-refractivity contribution in [3.8, 4) is 0 Å². The van der Waals surface area contributed by atoms with Gasteiger partial charge in [-0.05, 0) is 57.4 Å². The summed E-state index contributed by atoms with van der Waals surface area (Å²) in [6, 6.07) is 4.85. The maximum atomic E-state index is 13.5. The van der Waals surface area contributed by atoms with Crippen LogP contribution in [0.3, 0.4) is 0 Å². The first kappa shape index (κ1) is 24.9. The Bertz CT molecular complexity index is 802. The predicted molar refractivity (Wildman–Crippen MR) is 132 cm³/mol. The van der Waals surface area contributed by atoms with Gasteiger partial charge in [0, 0.05) is 56.4 Å². The maximum Gasteiger partial charge on any atom is 0.191 e. The highest BCUT2D eigenvalue weighted by atomic mass is 127. The normalized spacial score (nSPS) is 20.2. The van der Waals surface area contributed by atoms with E-state index >= 15 is 0 Å². The van der Waals surface area contributed by atoms with Crippen molar-refractivity contribution in [3.05, 3.63) is 35.8 Å². The van der Waals surface area contributed by atoms with Crippen LogP contribution in [0.2, 0.25) is 0 Å². The summed E-state index contributed by atoms with van der Waals surface area (Å²) in [5.74, 6) is 0.632. The number of guanidine groups is 1. The Labute approximate surface area is 196 Å². The summed E-state index contributed by atoms with van der Waals surface area (Å²) in [6.07, 6.45) is 4.40. The second-order valence-corrected chi connectivity index (χ2v) is 7.81. The van der Waals surface area contributed by atoms with Gasteiger partial charge in [0.05, 0.1) is 12.2 Å². The van der Waals surface area contributed by atoms with Gasteiger partial charge in [0.15, 0.2) is 5.96 Å². The molecule has 1 fully saturated rings. The first-order chi connectivity index (χ1) is 14.0. The number of nitrogens with zero attached hydrogens (tertiary/aromatic N) is 2. The molecule has 30 heavy (non-hydrogen) atoms. The fourth-order valence-electron chi connectivity index (χ4n) is 3.97. The topological polar surface area (TPSA) is 64.7 Å². The molecule has 2 atom stereocenters. The Balaban J connectivity index is 0.00000320. The van der Waals surface area contributed by atoms with Crippen molar-refractivity contribution >= 4 is 40.8 Å². The molecule has 0 bridgehead atoms. The molecule has 0 aliphatic carbocycles. The van der Waals surface area contributed by atoms with Gasteiger partial charge in [-0.2, -0.15) is 0 Å². The van der Waals surface area contributed by atoms with E-state index in [-0.39, 0.29) is 29.8 Å². The van der Waals surface area contributed by atoms with Gasteiger partial charge < -0.3 is 20.4 Å². The van der Waals surface area contributed by atoms with Crippen LogP contribution in [0.4, 0.5) is 4.39 Å². The van der Waals surface area contributed by atoms with Gasteiger partial charge in [0.1, 0.15) is 5.82 Å². The monoisotopic (exact) mass is 531 g/mol. The van der Waals surface area contributed by atoms with Crippen LogP contribution in [0.15, 0.2) is 29.4 Å². The minimum atomic E-state index is -0.203. The first-order valence-corrected chi connectivity index (χ1v) is 10.7. The second-order valence-electron chi connectivity index (χ2n) is 7.81. The minimum absolute atomic E-state index is 0. The zero-order valence-corrected chi connectivity index (χ0v) is 20.5. The van der Waals surface area contributed by atoms with Gasteiger partial charge >= 0.3 is 0 Å². The number of nitrogens with one attached hydrogen (secondary N) is 3. The lowest BCUT2D eigenvalue weighted by Gasteiger charge is -2.35. The summed E-state index contributed by atoms with van der Waals surface area (Å²) >= 11 is 0. The SMILES string of the molecule is CCNC(=NCCCN1CC(C)OC(C)C1)NCCc1c[nH]c2ccc(F)cc12.I. The lowest BCUT2D eigenvalue weighted by molar-refractivity contribution is -0.0679. The number of aliphatic imine (C=N–C) groups is 1. The molecule has 3 N–H and O–H groups in total. The van der Waals surface area contributed by atoms with Crippen LogP contribution in [-0.2, 0) is 11.2 Å². The molecule has 1 aromatic carbocycles. The number of morpholine rings is 1. The number of hydrogen-bond donors (Lipinski definition) is 3. The van der Waals surface area contributed by atoms with Gasteiger partial charge in [-0.3, -0.25) is 9.89 Å². The van der Waals surface area contributed by atoms with E-state index in [0.717, 1.165) is 74.5 Å². The van der Waals surface area contributed by atoms with Gasteiger partial charge in [-0.15, -0.1) is 24.0 Å². The van der Waals surface area contributed by atoms with E-state index < -0.39 is 0 Å². The van der Waals surface area contributed by atoms with Gasteiger partial charge in [-0.25, -0.2) is 4.39 Å². The third kappa shape index (κ3) is 7.39. The average molecular weight is 531 g/mol. The zero-order valence-electron chi connectivity index (χ0n) is 18.2. The lowest BCUT2D eigenvalue weighted by Crippen LogP contribution is -2.45. The average Bonchev–Trinajstić information content (AvgIpc) is 3.06. The molecule has 1 aromatic heterocycles. The highest BCUT2D eigenvalue weighted by Gasteiger charge is 2.21. The number of aromatic nitrogens is 1. The number of rotatable bonds is 8. The molecule has 1 aliphatic rings. The summed E-state index contributed by atoms with van der Waals surface area (Å²) in [5, 5.41) is 7.63. The fourth-order valence-corrected chi connectivity index (χ4v) is 3.97. The molecule has 1 saturated heterocycles. The Morgan fingerprint density at radius 2 is 2.03 bits per heavy atom. The highest BCUT2D eigenvalue weighted by molar-refractivity contribution is 14.0. The maximum absolute atomic E-state index is 13.5. The summed E-state index contributed by atoms with van der Waals surface area (Å²) in [7, 11) is 0.